The molecular formula is C52H68Cl2N8O2+2. The molecule has 64 heavy (non-hydrogen) atoms. The van der Waals surface area contributed by atoms with Gasteiger partial charge in [-0.2, -0.15) is 0 Å². The molecule has 4 aromatic rings. The van der Waals surface area contributed by atoms with Crippen LogP contribution >= 0.6 is 23.2 Å². The number of hydrogen-bond donors (Lipinski definition) is 2. The number of aromatic nitrogens is 2. The quantitative estimate of drug-likeness (QED) is 0.0420. The zero-order valence-corrected chi connectivity index (χ0v) is 40.6. The van der Waals surface area contributed by atoms with Crippen LogP contribution in [0.3, 0.4) is 0 Å². The molecule has 2 aromatic carbocycles. The van der Waals surface area contributed by atoms with Crippen LogP contribution in [0.1, 0.15) is 48.2 Å². The first-order valence-electron chi connectivity index (χ1n) is 22.7. The third kappa shape index (κ3) is 11.8. The van der Waals surface area contributed by atoms with Gasteiger partial charge in [-0.05, 0) is 124 Å². The molecule has 3 aliphatic rings. The smallest absolute Gasteiger partial charge is 0.181 e. The van der Waals surface area contributed by atoms with Crippen LogP contribution in [0.25, 0.3) is 17.7 Å². The van der Waals surface area contributed by atoms with E-state index in [1.54, 1.807) is 0 Å². The highest BCUT2D eigenvalue weighted by Crippen LogP contribution is 2.53. The summed E-state index contributed by atoms with van der Waals surface area (Å²) in [4.78, 5) is 19.3. The Morgan fingerprint density at radius 2 is 1.19 bits per heavy atom. The zero-order valence-electron chi connectivity index (χ0n) is 39.1. The lowest BCUT2D eigenvalue weighted by molar-refractivity contribution is -0.890. The molecule has 340 valence electrons. The first-order valence-corrected chi connectivity index (χ1v) is 23.4. The van der Waals surface area contributed by atoms with Gasteiger partial charge in [-0.15, -0.1) is 11.6 Å². The van der Waals surface area contributed by atoms with E-state index in [0.29, 0.717) is 24.6 Å². The van der Waals surface area contributed by atoms with Crippen molar-refractivity contribution in [2.24, 2.45) is 9.98 Å². The molecule has 0 amide bonds. The van der Waals surface area contributed by atoms with Crippen molar-refractivity contribution < 1.29 is 18.4 Å². The van der Waals surface area contributed by atoms with Gasteiger partial charge in [0.05, 0.1) is 84.7 Å². The third-order valence-corrected chi connectivity index (χ3v) is 13.6. The molecule has 0 fully saturated rings. The normalized spacial score (nSPS) is 19.6. The van der Waals surface area contributed by atoms with Crippen molar-refractivity contribution in [2.45, 2.75) is 35.6 Å². The minimum atomic E-state index is -1.42. The van der Waals surface area contributed by atoms with Crippen LogP contribution in [0.15, 0.2) is 113 Å². The topological polar surface area (TPSA) is 81.2 Å². The fourth-order valence-corrected chi connectivity index (χ4v) is 9.39. The van der Waals surface area contributed by atoms with Crippen molar-refractivity contribution in [3.05, 3.63) is 136 Å². The molecule has 3 aliphatic heterocycles. The second kappa shape index (κ2) is 20.2. The lowest BCUT2D eigenvalue weighted by Gasteiger charge is -2.37. The molecule has 2 unspecified atom stereocenters. The van der Waals surface area contributed by atoms with Gasteiger partial charge in [0.15, 0.2) is 9.87 Å². The highest BCUT2D eigenvalue weighted by molar-refractivity contribution is 6.41. The Labute approximate surface area is 390 Å². The molecule has 0 radical (unpaired) electrons. The zero-order chi connectivity index (χ0) is 45.5. The van der Waals surface area contributed by atoms with Crippen molar-refractivity contribution in [3.8, 4) is 11.5 Å². The minimum absolute atomic E-state index is 0.628. The van der Waals surface area contributed by atoms with Gasteiger partial charge >= 0.3 is 0 Å². The largest absolute Gasteiger partial charge is 0.493 e. The standard InChI is InChI=1S/C52H68Cl2N8O2/c1-59(2)29-9-31-61(5,6)33-11-35-63-45-21-13-39(14-22-45)50-47-25-19-43(56-47)37-41-17-18-42(55-41)38-44-20-26-49(57-44)52(54,51(53)28-27-48(50)58-51)40-15-23-46(24-16-40)64-36-12-34-62(7,8)32-10-30-60(3)4/h13-28,37-38,55,57H,9-12,29-36H2,1-8H3/q+2. The Morgan fingerprint density at radius 1 is 0.625 bits per heavy atom. The van der Waals surface area contributed by atoms with E-state index in [1.165, 1.54) is 12.8 Å². The van der Waals surface area contributed by atoms with Gasteiger partial charge < -0.3 is 38.2 Å². The molecule has 2 N–H and O–H groups in total. The number of rotatable bonds is 20. The van der Waals surface area contributed by atoms with E-state index in [4.69, 9.17) is 42.7 Å². The molecule has 10 nitrogen and oxygen atoms in total. The van der Waals surface area contributed by atoms with Crippen molar-refractivity contribution >= 4 is 52.4 Å². The molecule has 12 heteroatoms. The maximum Gasteiger partial charge on any atom is 0.181 e. The summed E-state index contributed by atoms with van der Waals surface area (Å²) in [5, 5.41) is 1.89. The Bertz CT molecular complexity index is 2510. The molecule has 5 heterocycles. The number of nitrogens with zero attached hydrogens (tertiary/aromatic N) is 6. The molecule has 0 spiro atoms. The number of allylic oxidation sites excluding steroid dienone is 4. The van der Waals surface area contributed by atoms with Crippen molar-refractivity contribution in [2.75, 3.05) is 109 Å². The minimum Gasteiger partial charge on any atom is -0.493 e. The fourth-order valence-electron chi connectivity index (χ4n) is 8.68. The molecule has 0 saturated heterocycles. The van der Waals surface area contributed by atoms with Crippen LogP contribution in [0, 0.1) is 0 Å². The highest BCUT2D eigenvalue weighted by atomic mass is 35.5. The highest BCUT2D eigenvalue weighted by Gasteiger charge is 2.53. The summed E-state index contributed by atoms with van der Waals surface area (Å²) in [5.74, 6) is 1.60. The van der Waals surface area contributed by atoms with E-state index in [2.05, 4.69) is 106 Å². The Kier molecular flexibility index (Phi) is 14.9. The van der Waals surface area contributed by atoms with Crippen LogP contribution in [0.4, 0.5) is 0 Å². The van der Waals surface area contributed by atoms with Gasteiger partial charge in [-0.1, -0.05) is 35.9 Å². The molecule has 7 rings (SSSR count). The van der Waals surface area contributed by atoms with Crippen molar-refractivity contribution in [1.29, 1.82) is 0 Å². The molecule has 2 aromatic heterocycles. The number of alkyl halides is 2. The molecular weight excluding hydrogens is 840 g/mol. The Hall–Kier alpha value is -4.68. The maximum absolute atomic E-state index is 8.01. The van der Waals surface area contributed by atoms with Crippen molar-refractivity contribution in [1.82, 2.24) is 19.8 Å². The fraction of sp³-hybridized carbons (Fsp3) is 0.423. The van der Waals surface area contributed by atoms with Crippen LogP contribution < -0.4 is 20.2 Å². The van der Waals surface area contributed by atoms with Crippen LogP contribution in [-0.4, -0.2) is 154 Å². The third-order valence-electron chi connectivity index (χ3n) is 12.3. The number of ether oxygens (including phenoxy) is 2. The van der Waals surface area contributed by atoms with E-state index in [9.17, 15) is 0 Å². The van der Waals surface area contributed by atoms with E-state index < -0.39 is 9.87 Å². The second-order valence-electron chi connectivity index (χ2n) is 19.3. The number of nitrogens with one attached hydrogen (secondary N) is 2. The van der Waals surface area contributed by atoms with Gasteiger partial charge in [0, 0.05) is 66.4 Å². The average molecular weight is 908 g/mol. The Balaban J connectivity index is 1.16. The summed E-state index contributed by atoms with van der Waals surface area (Å²) < 4.78 is 14.5. The van der Waals surface area contributed by atoms with Gasteiger partial charge in [-0.25, -0.2) is 4.99 Å². The number of H-pyrrole nitrogens is 2. The van der Waals surface area contributed by atoms with Crippen LogP contribution in [0.5, 0.6) is 11.5 Å². The summed E-state index contributed by atoms with van der Waals surface area (Å²) in [5.41, 5.74) is 6.46. The van der Waals surface area contributed by atoms with E-state index in [1.807, 2.05) is 78.9 Å². The number of aliphatic imine (C=N–C) groups is 2. The number of hydrogen-bond acceptors (Lipinski definition) is 6. The first kappa shape index (κ1) is 47.3. The maximum atomic E-state index is 8.01. The van der Waals surface area contributed by atoms with E-state index in [-0.39, 0.29) is 0 Å². The summed E-state index contributed by atoms with van der Waals surface area (Å²) in [6.45, 7) is 7.85. The molecule has 0 aliphatic carbocycles. The molecule has 2 atom stereocenters. The predicted molar refractivity (Wildman–Crippen MR) is 267 cm³/mol. The monoisotopic (exact) mass is 906 g/mol. The number of quaternary nitrogens is 2. The predicted octanol–water partition coefficient (Wildman–Crippen LogP) is 7.41. The van der Waals surface area contributed by atoms with E-state index >= 15 is 0 Å². The lowest BCUT2D eigenvalue weighted by Crippen LogP contribution is -2.42. The van der Waals surface area contributed by atoms with Crippen molar-refractivity contribution in [3.63, 3.8) is 0 Å². The summed E-state index contributed by atoms with van der Waals surface area (Å²) in [7, 11) is 17.7. The molecule has 0 saturated carbocycles. The SMILES string of the molecule is CN(C)CCC[N+](C)(C)CCCOc1ccc(C2=C3C=CC(=N3)C=c3ccc([nH]3)=Cc3ccc([nH]3)C(Cl)(c3ccc(OCCC[N+](C)(C)CCCN(C)C)cc3)C3(Cl)C=CC2=N3)cc1. The average Bonchev–Trinajstić information content (AvgIpc) is 4.08. The first-order chi connectivity index (χ1) is 30.5. The summed E-state index contributed by atoms with van der Waals surface area (Å²) in [6, 6.07) is 24.3. The second-order valence-corrected chi connectivity index (χ2v) is 20.5. The van der Waals surface area contributed by atoms with E-state index in [0.717, 1.165) is 117 Å². The van der Waals surface area contributed by atoms with Gasteiger partial charge in [-0.3, -0.25) is 4.99 Å². The van der Waals surface area contributed by atoms with Crippen LogP contribution in [0.2, 0.25) is 0 Å². The number of fused-ring (bicyclic) bond motifs is 6. The lowest BCUT2D eigenvalue weighted by atomic mass is 9.87. The number of aromatic amines is 2. The molecule has 8 bridgehead atoms. The summed E-state index contributed by atoms with van der Waals surface area (Å²) >= 11 is 15.8. The van der Waals surface area contributed by atoms with Crippen LogP contribution in [-0.2, 0) is 4.87 Å². The van der Waals surface area contributed by atoms with Gasteiger partial charge in [0.1, 0.15) is 11.5 Å². The number of benzene rings is 2. The number of halogens is 2. The van der Waals surface area contributed by atoms with Gasteiger partial charge in [0.2, 0.25) is 0 Å². The Morgan fingerprint density at radius 3 is 1.78 bits per heavy atom. The van der Waals surface area contributed by atoms with Gasteiger partial charge in [0.25, 0.3) is 0 Å². The summed E-state index contributed by atoms with van der Waals surface area (Å²) in [6.07, 6.45) is 16.3.